The Morgan fingerprint density at radius 1 is 0.550 bits per heavy atom. The molecule has 0 amide bonds. The van der Waals surface area contributed by atoms with Gasteiger partial charge in [0.25, 0.3) is 0 Å². The van der Waals surface area contributed by atoms with Crippen LogP contribution in [0.25, 0.3) is 64.4 Å². The summed E-state index contributed by atoms with van der Waals surface area (Å²) in [6, 6.07) is 46.1. The van der Waals surface area contributed by atoms with Gasteiger partial charge in [-0.1, -0.05) is 103 Å². The second kappa shape index (κ2) is 9.22. The second-order valence-corrected chi connectivity index (χ2v) is 11.7. The molecule has 0 fully saturated rings. The molecule has 2 aromatic heterocycles. The van der Waals surface area contributed by atoms with Crippen molar-refractivity contribution in [2.75, 3.05) is 0 Å². The predicted octanol–water partition coefficient (Wildman–Crippen LogP) is 11.2. The molecule has 0 atom stereocenters. The van der Waals surface area contributed by atoms with Gasteiger partial charge < -0.3 is 4.42 Å². The summed E-state index contributed by atoms with van der Waals surface area (Å²) >= 11 is 1.88. The van der Waals surface area contributed by atoms with Crippen molar-refractivity contribution in [1.82, 2.24) is 0 Å². The van der Waals surface area contributed by atoms with Crippen molar-refractivity contribution >= 4 is 53.4 Å². The number of furan rings is 1. The smallest absolute Gasteiger partial charge is 0.136 e. The molecule has 0 aliphatic heterocycles. The highest BCUT2D eigenvalue weighted by Gasteiger charge is 2.13. The highest BCUT2D eigenvalue weighted by Crippen LogP contribution is 2.38. The molecule has 0 bridgehead atoms. The summed E-state index contributed by atoms with van der Waals surface area (Å²) in [7, 11) is 0. The van der Waals surface area contributed by atoms with E-state index in [4.69, 9.17) is 4.42 Å². The van der Waals surface area contributed by atoms with Crippen LogP contribution in [0.1, 0.15) is 16.7 Å². The molecule has 6 aromatic carbocycles. The molecule has 8 rings (SSSR count). The molecule has 0 unspecified atom stereocenters. The Bertz CT molecular complexity index is 2190. The molecule has 0 aliphatic carbocycles. The van der Waals surface area contributed by atoms with E-state index in [2.05, 4.69) is 122 Å². The van der Waals surface area contributed by atoms with E-state index in [0.717, 1.165) is 17.6 Å². The summed E-state index contributed by atoms with van der Waals surface area (Å²) in [6.45, 7) is 2.22. The molecule has 0 aliphatic rings. The van der Waals surface area contributed by atoms with Crippen molar-refractivity contribution in [2.24, 2.45) is 0 Å². The lowest BCUT2D eigenvalue weighted by molar-refractivity contribution is 0.669. The number of aryl methyl sites for hydroxylation is 1. The lowest BCUT2D eigenvalue weighted by Crippen LogP contribution is -1.93. The summed E-state index contributed by atoms with van der Waals surface area (Å²) < 4.78 is 8.81. The first-order chi connectivity index (χ1) is 19.7. The van der Waals surface area contributed by atoms with E-state index < -0.39 is 0 Å². The number of fused-ring (bicyclic) bond motifs is 6. The number of benzene rings is 6. The van der Waals surface area contributed by atoms with E-state index in [1.807, 2.05) is 23.5 Å². The molecule has 2 heteroatoms. The maximum Gasteiger partial charge on any atom is 0.136 e. The minimum Gasteiger partial charge on any atom is -0.456 e. The largest absolute Gasteiger partial charge is 0.456 e. The van der Waals surface area contributed by atoms with E-state index in [9.17, 15) is 0 Å². The molecule has 0 saturated heterocycles. The molecule has 190 valence electrons. The van der Waals surface area contributed by atoms with E-state index in [-0.39, 0.29) is 0 Å². The zero-order valence-electron chi connectivity index (χ0n) is 22.1. The predicted molar refractivity (Wildman–Crippen MR) is 171 cm³/mol. The standard InChI is InChI=1S/C38H26OS/c1-24-13-16-27(28-19-20-32-31-7-3-5-12-36(31)40-37(32)23-28)22-29(24)21-25-14-17-26(18-15-25)30-9-6-11-35-38(30)33-8-2-4-10-34(33)39-35/h2-20,22-23H,21H2,1H3. The highest BCUT2D eigenvalue weighted by molar-refractivity contribution is 7.25. The van der Waals surface area contributed by atoms with Crippen LogP contribution in [0, 0.1) is 6.92 Å². The first-order valence-corrected chi connectivity index (χ1v) is 14.5. The van der Waals surface area contributed by atoms with Gasteiger partial charge in [0.1, 0.15) is 11.2 Å². The van der Waals surface area contributed by atoms with Crippen molar-refractivity contribution in [1.29, 1.82) is 0 Å². The van der Waals surface area contributed by atoms with Crippen molar-refractivity contribution in [3.63, 3.8) is 0 Å². The Morgan fingerprint density at radius 3 is 2.15 bits per heavy atom. The van der Waals surface area contributed by atoms with Gasteiger partial charge in [-0.3, -0.25) is 0 Å². The SMILES string of the molecule is Cc1ccc(-c2ccc3c(c2)sc2ccccc23)cc1Cc1ccc(-c2cccc3oc4ccccc4c23)cc1. The van der Waals surface area contributed by atoms with E-state index in [1.54, 1.807) is 0 Å². The Kier molecular flexibility index (Phi) is 5.36. The number of para-hydroxylation sites is 1. The van der Waals surface area contributed by atoms with Gasteiger partial charge in [0.05, 0.1) is 0 Å². The molecular weight excluding hydrogens is 504 g/mol. The third-order valence-corrected chi connectivity index (χ3v) is 9.26. The van der Waals surface area contributed by atoms with Gasteiger partial charge in [0, 0.05) is 30.9 Å². The van der Waals surface area contributed by atoms with Crippen LogP contribution in [0.15, 0.2) is 132 Å². The van der Waals surface area contributed by atoms with Crippen molar-refractivity contribution in [3.8, 4) is 22.3 Å². The topological polar surface area (TPSA) is 13.1 Å². The first kappa shape index (κ1) is 23.2. The number of hydrogen-bond donors (Lipinski definition) is 0. The quantitative estimate of drug-likeness (QED) is 0.220. The first-order valence-electron chi connectivity index (χ1n) is 13.7. The Hall–Kier alpha value is -4.66. The summed E-state index contributed by atoms with van der Waals surface area (Å²) in [5.41, 5.74) is 10.8. The van der Waals surface area contributed by atoms with Crippen molar-refractivity contribution < 1.29 is 4.42 Å². The Balaban J connectivity index is 1.12. The van der Waals surface area contributed by atoms with Crippen LogP contribution in [-0.2, 0) is 6.42 Å². The lowest BCUT2D eigenvalue weighted by atomic mass is 9.93. The van der Waals surface area contributed by atoms with Gasteiger partial charge in [-0.15, -0.1) is 11.3 Å². The summed E-state index contributed by atoms with van der Waals surface area (Å²) in [5, 5.41) is 5.04. The monoisotopic (exact) mass is 530 g/mol. The van der Waals surface area contributed by atoms with Crippen LogP contribution < -0.4 is 0 Å². The van der Waals surface area contributed by atoms with Crippen molar-refractivity contribution in [3.05, 3.63) is 144 Å². The van der Waals surface area contributed by atoms with Gasteiger partial charge in [-0.25, -0.2) is 0 Å². The van der Waals surface area contributed by atoms with Gasteiger partial charge in [-0.2, -0.15) is 0 Å². The van der Waals surface area contributed by atoms with Crippen LogP contribution >= 0.6 is 11.3 Å². The van der Waals surface area contributed by atoms with Crippen LogP contribution in [0.3, 0.4) is 0 Å². The molecule has 1 nitrogen and oxygen atoms in total. The van der Waals surface area contributed by atoms with E-state index in [0.29, 0.717) is 0 Å². The van der Waals surface area contributed by atoms with Crippen LogP contribution in [0.4, 0.5) is 0 Å². The Morgan fingerprint density at radius 2 is 1.25 bits per heavy atom. The average Bonchev–Trinajstić information content (AvgIpc) is 3.56. The fourth-order valence-electron chi connectivity index (χ4n) is 5.98. The summed E-state index contributed by atoms with van der Waals surface area (Å²) in [5.74, 6) is 0. The minimum absolute atomic E-state index is 0.907. The molecular formula is C38H26OS. The third-order valence-electron chi connectivity index (χ3n) is 8.12. The van der Waals surface area contributed by atoms with E-state index in [1.165, 1.54) is 69.9 Å². The molecule has 0 spiro atoms. The van der Waals surface area contributed by atoms with Gasteiger partial charge in [0.2, 0.25) is 0 Å². The molecule has 8 aromatic rings. The van der Waals surface area contributed by atoms with Gasteiger partial charge in [-0.05, 0) is 76.6 Å². The normalized spacial score (nSPS) is 11.7. The minimum atomic E-state index is 0.907. The van der Waals surface area contributed by atoms with Crippen LogP contribution in [0.2, 0.25) is 0 Å². The van der Waals surface area contributed by atoms with Crippen LogP contribution in [0.5, 0.6) is 0 Å². The Labute approximate surface area is 236 Å². The summed E-state index contributed by atoms with van der Waals surface area (Å²) in [4.78, 5) is 0. The number of hydrogen-bond acceptors (Lipinski definition) is 2. The zero-order chi connectivity index (χ0) is 26.6. The van der Waals surface area contributed by atoms with Gasteiger partial charge >= 0.3 is 0 Å². The second-order valence-electron chi connectivity index (χ2n) is 10.6. The molecule has 0 N–H and O–H groups in total. The van der Waals surface area contributed by atoms with Gasteiger partial charge in [0.15, 0.2) is 0 Å². The van der Waals surface area contributed by atoms with E-state index >= 15 is 0 Å². The van der Waals surface area contributed by atoms with Crippen LogP contribution in [-0.4, -0.2) is 0 Å². The molecule has 2 heterocycles. The maximum atomic E-state index is 6.12. The fraction of sp³-hybridized carbons (Fsp3) is 0.0526. The highest BCUT2D eigenvalue weighted by atomic mass is 32.1. The lowest BCUT2D eigenvalue weighted by Gasteiger charge is -2.11. The zero-order valence-corrected chi connectivity index (χ0v) is 23.0. The average molecular weight is 531 g/mol. The molecule has 40 heavy (non-hydrogen) atoms. The fourth-order valence-corrected chi connectivity index (χ4v) is 7.13. The third kappa shape index (κ3) is 3.84. The maximum absolute atomic E-state index is 6.12. The number of thiophene rings is 1. The molecule has 0 radical (unpaired) electrons. The number of rotatable bonds is 4. The summed E-state index contributed by atoms with van der Waals surface area (Å²) in [6.07, 6.45) is 0.907. The van der Waals surface area contributed by atoms with Crippen molar-refractivity contribution in [2.45, 2.75) is 13.3 Å². The molecule has 0 saturated carbocycles.